The number of Topliss-reactive ketones (excluding diaryl/α,β-unsaturated/α-hetero) is 1. The van der Waals surface area contributed by atoms with E-state index in [0.29, 0.717) is 6.29 Å². The average molecular weight is 271 g/mol. The third-order valence-corrected chi connectivity index (χ3v) is 2.64. The van der Waals surface area contributed by atoms with Crippen molar-refractivity contribution in [3.63, 3.8) is 0 Å². The van der Waals surface area contributed by atoms with Crippen molar-refractivity contribution in [3.8, 4) is 11.5 Å². The maximum atomic E-state index is 11.5. The molecule has 1 aromatic carbocycles. The molecule has 0 fully saturated rings. The van der Waals surface area contributed by atoms with Crippen LogP contribution in [-0.4, -0.2) is 36.4 Å². The van der Waals surface area contributed by atoms with Crippen molar-refractivity contribution in [1.82, 2.24) is 0 Å². The van der Waals surface area contributed by atoms with Crippen molar-refractivity contribution in [1.29, 1.82) is 0 Å². The van der Waals surface area contributed by atoms with Gasteiger partial charge in [-0.2, -0.15) is 0 Å². The predicted octanol–water partition coefficient (Wildman–Crippen LogP) is 1.19. The predicted molar refractivity (Wildman–Crippen MR) is 59.8 cm³/mol. The lowest BCUT2D eigenvalue weighted by Gasteiger charge is -2.22. The largest absolute Gasteiger partial charge is 0.485 e. The Kier molecular flexibility index (Phi) is 3.20. The summed E-state index contributed by atoms with van der Waals surface area (Å²) < 4.78 is 10.4. The van der Waals surface area contributed by atoms with Crippen molar-refractivity contribution in [2.45, 2.75) is 0 Å². The van der Waals surface area contributed by atoms with Crippen LogP contribution in [-0.2, 0) is 4.79 Å². The van der Waals surface area contributed by atoms with E-state index in [1.54, 1.807) is 0 Å². The summed E-state index contributed by atoms with van der Waals surface area (Å²) in [6.45, 7) is 0.349. The van der Waals surface area contributed by atoms with Gasteiger partial charge >= 0.3 is 5.97 Å². The summed E-state index contributed by atoms with van der Waals surface area (Å²) in [6, 6.07) is 1.18. The molecular formula is C11H7ClO6. The fourth-order valence-electron chi connectivity index (χ4n) is 1.61. The lowest BCUT2D eigenvalue weighted by Crippen LogP contribution is -2.22. The number of fused-ring (bicyclic) bond motifs is 1. The van der Waals surface area contributed by atoms with E-state index in [4.69, 9.17) is 26.2 Å². The Labute approximate surface area is 106 Å². The molecule has 1 aliphatic rings. The minimum absolute atomic E-state index is 0.0465. The van der Waals surface area contributed by atoms with E-state index < -0.39 is 11.8 Å². The third-order valence-electron chi connectivity index (χ3n) is 2.34. The Morgan fingerprint density at radius 2 is 1.89 bits per heavy atom. The summed E-state index contributed by atoms with van der Waals surface area (Å²) in [5, 5.41) is 8.56. The first kappa shape index (κ1) is 12.4. The second kappa shape index (κ2) is 4.66. The Hall–Kier alpha value is -2.08. The summed E-state index contributed by atoms with van der Waals surface area (Å²) in [7, 11) is 0. The number of hydrogen-bond donors (Lipinski definition) is 1. The van der Waals surface area contributed by atoms with Gasteiger partial charge in [0, 0.05) is 0 Å². The molecule has 7 heteroatoms. The second-order valence-corrected chi connectivity index (χ2v) is 3.84. The molecule has 0 unspecified atom stereocenters. The number of carbonyl (C=O) groups is 3. The van der Waals surface area contributed by atoms with Gasteiger partial charge in [0.2, 0.25) is 0 Å². The molecule has 6 nitrogen and oxygen atoms in total. The minimum Gasteiger partial charge on any atom is -0.485 e. The van der Waals surface area contributed by atoms with E-state index in [1.807, 2.05) is 0 Å². The Bertz CT molecular complexity index is 551. The first-order valence-corrected chi connectivity index (χ1v) is 5.29. The lowest BCUT2D eigenvalue weighted by molar-refractivity contribution is -0.131. The molecule has 18 heavy (non-hydrogen) atoms. The van der Waals surface area contributed by atoms with E-state index in [9.17, 15) is 14.4 Å². The van der Waals surface area contributed by atoms with E-state index >= 15 is 0 Å². The average Bonchev–Trinajstić information content (AvgIpc) is 2.37. The summed E-state index contributed by atoms with van der Waals surface area (Å²) >= 11 is 5.81. The van der Waals surface area contributed by atoms with E-state index in [0.717, 1.165) is 0 Å². The summed E-state index contributed by atoms with van der Waals surface area (Å²) in [4.78, 5) is 33.1. The van der Waals surface area contributed by atoms with Gasteiger partial charge in [0.05, 0.1) is 16.1 Å². The monoisotopic (exact) mass is 270 g/mol. The topological polar surface area (TPSA) is 89.9 Å². The van der Waals surface area contributed by atoms with Gasteiger partial charge < -0.3 is 14.6 Å². The molecule has 1 N–H and O–H groups in total. The molecule has 0 bridgehead atoms. The summed E-state index contributed by atoms with van der Waals surface area (Å²) in [5.41, 5.74) is -0.193. The van der Waals surface area contributed by atoms with Crippen LogP contribution >= 0.6 is 11.6 Å². The number of benzene rings is 1. The van der Waals surface area contributed by atoms with Gasteiger partial charge in [-0.1, -0.05) is 11.6 Å². The van der Waals surface area contributed by atoms with Gasteiger partial charge in [0.1, 0.15) is 13.2 Å². The van der Waals surface area contributed by atoms with Gasteiger partial charge in [0.25, 0.3) is 5.78 Å². The van der Waals surface area contributed by atoms with Crippen LogP contribution in [0.2, 0.25) is 5.02 Å². The summed E-state index contributed by atoms with van der Waals surface area (Å²) in [5.74, 6) is -2.92. The summed E-state index contributed by atoms with van der Waals surface area (Å²) in [6.07, 6.45) is 0.494. The molecule has 0 amide bonds. The highest BCUT2D eigenvalue weighted by atomic mass is 35.5. The van der Waals surface area contributed by atoms with Crippen molar-refractivity contribution in [3.05, 3.63) is 22.2 Å². The molecule has 0 atom stereocenters. The van der Waals surface area contributed by atoms with Crippen molar-refractivity contribution < 1.29 is 29.0 Å². The number of ketones is 1. The van der Waals surface area contributed by atoms with Crippen LogP contribution < -0.4 is 9.47 Å². The fourth-order valence-corrected chi connectivity index (χ4v) is 1.90. The van der Waals surface area contributed by atoms with Crippen LogP contribution in [0.15, 0.2) is 6.07 Å². The Morgan fingerprint density at radius 3 is 2.44 bits per heavy atom. The number of halogens is 1. The molecule has 0 aliphatic carbocycles. The molecule has 2 rings (SSSR count). The number of rotatable bonds is 3. The molecule has 1 aliphatic heterocycles. The number of aldehydes is 1. The normalized spacial score (nSPS) is 12.9. The van der Waals surface area contributed by atoms with E-state index in [1.165, 1.54) is 6.07 Å². The Morgan fingerprint density at radius 1 is 1.28 bits per heavy atom. The maximum Gasteiger partial charge on any atom is 0.377 e. The number of hydrogen-bond acceptors (Lipinski definition) is 5. The highest BCUT2D eigenvalue weighted by molar-refractivity contribution is 6.46. The van der Waals surface area contributed by atoms with Crippen LogP contribution in [0, 0.1) is 0 Å². The van der Waals surface area contributed by atoms with Gasteiger partial charge in [-0.3, -0.25) is 9.59 Å². The molecule has 94 valence electrons. The van der Waals surface area contributed by atoms with Crippen molar-refractivity contribution in [2.24, 2.45) is 0 Å². The molecule has 1 aromatic rings. The van der Waals surface area contributed by atoms with Crippen LogP contribution in [0.25, 0.3) is 0 Å². The van der Waals surface area contributed by atoms with Crippen molar-refractivity contribution in [2.75, 3.05) is 13.2 Å². The Balaban J connectivity index is 2.70. The first-order chi connectivity index (χ1) is 8.56. The van der Waals surface area contributed by atoms with Gasteiger partial charge in [0.15, 0.2) is 17.8 Å². The quantitative estimate of drug-likeness (QED) is 0.504. The SMILES string of the molecule is O=Cc1cc(Cl)c(C(=O)C(=O)O)c2c1OCCO2. The molecule has 0 aromatic heterocycles. The number of ether oxygens (including phenoxy) is 2. The smallest absolute Gasteiger partial charge is 0.377 e. The standard InChI is InChI=1S/C11H7ClO6/c12-6-3-5(4-13)9-10(18-2-1-17-9)7(6)8(14)11(15)16/h3-4H,1-2H2,(H,15,16). The third kappa shape index (κ3) is 1.91. The maximum absolute atomic E-state index is 11.5. The molecule has 1 heterocycles. The zero-order chi connectivity index (χ0) is 13.3. The molecule has 0 saturated carbocycles. The van der Waals surface area contributed by atoms with Crippen LogP contribution in [0.5, 0.6) is 11.5 Å². The number of carboxylic acids is 1. The van der Waals surface area contributed by atoms with Gasteiger partial charge in [-0.15, -0.1) is 0 Å². The molecular weight excluding hydrogens is 264 g/mol. The van der Waals surface area contributed by atoms with E-state index in [-0.39, 0.29) is 40.9 Å². The zero-order valence-electron chi connectivity index (χ0n) is 8.94. The van der Waals surface area contributed by atoms with Crippen molar-refractivity contribution >= 4 is 29.6 Å². The number of carboxylic acid groups (broad SMARTS) is 1. The van der Waals surface area contributed by atoms with Gasteiger partial charge in [-0.05, 0) is 6.07 Å². The van der Waals surface area contributed by atoms with Crippen LogP contribution in [0.1, 0.15) is 20.7 Å². The highest BCUT2D eigenvalue weighted by Gasteiger charge is 2.30. The van der Waals surface area contributed by atoms with Gasteiger partial charge in [-0.25, -0.2) is 4.79 Å². The fraction of sp³-hybridized carbons (Fsp3) is 0.182. The zero-order valence-corrected chi connectivity index (χ0v) is 9.69. The molecule has 0 spiro atoms. The highest BCUT2D eigenvalue weighted by Crippen LogP contribution is 2.40. The lowest BCUT2D eigenvalue weighted by atomic mass is 10.0. The van der Waals surface area contributed by atoms with Crippen LogP contribution in [0.4, 0.5) is 0 Å². The van der Waals surface area contributed by atoms with E-state index in [2.05, 4.69) is 0 Å². The number of carbonyl (C=O) groups excluding carboxylic acids is 2. The van der Waals surface area contributed by atoms with Crippen LogP contribution in [0.3, 0.4) is 0 Å². The minimum atomic E-state index is -1.66. The molecule has 0 saturated heterocycles. The second-order valence-electron chi connectivity index (χ2n) is 3.43. The first-order valence-electron chi connectivity index (χ1n) is 4.91. The molecule has 0 radical (unpaired) electrons. The number of aliphatic carboxylic acids is 1.